The Kier molecular flexibility index (Phi) is 7.36. The van der Waals surface area contributed by atoms with E-state index in [1.165, 1.54) is 18.9 Å². The molecule has 2 fully saturated rings. The SMILES string of the molecule is CC1(CCCOc2ccn(-c3ccc4c(n3)N3C[C@H](CCCNc5cccc(n5)S(=O)(=O)NC4=O)CC3(C)C)n2)CC1. The maximum atomic E-state index is 13.6. The van der Waals surface area contributed by atoms with E-state index in [2.05, 4.69) is 45.8 Å². The molecule has 12 heteroatoms. The van der Waals surface area contributed by atoms with Crippen LogP contribution in [0.4, 0.5) is 11.6 Å². The molecule has 42 heavy (non-hydrogen) atoms. The summed E-state index contributed by atoms with van der Waals surface area (Å²) in [6.07, 6.45) is 9.32. The molecule has 0 unspecified atom stereocenters. The zero-order valence-corrected chi connectivity index (χ0v) is 25.3. The van der Waals surface area contributed by atoms with Crippen LogP contribution in [0.25, 0.3) is 5.82 Å². The minimum absolute atomic E-state index is 0.178. The third-order valence-electron chi connectivity index (χ3n) is 8.72. The molecule has 1 saturated heterocycles. The van der Waals surface area contributed by atoms with Gasteiger partial charge in [0.15, 0.2) is 10.8 Å². The number of fused-ring (bicyclic) bond motifs is 6. The quantitative estimate of drug-likeness (QED) is 0.395. The summed E-state index contributed by atoms with van der Waals surface area (Å²) in [4.78, 5) is 24.8. The topological polar surface area (TPSA) is 131 Å². The van der Waals surface area contributed by atoms with Gasteiger partial charge < -0.3 is 15.0 Å². The molecule has 3 aromatic rings. The molecule has 1 atom stereocenters. The van der Waals surface area contributed by atoms with E-state index in [1.807, 2.05) is 0 Å². The van der Waals surface area contributed by atoms with Gasteiger partial charge in [-0.15, -0.1) is 5.10 Å². The minimum Gasteiger partial charge on any atom is -0.477 e. The van der Waals surface area contributed by atoms with Gasteiger partial charge in [-0.3, -0.25) is 4.79 Å². The molecule has 2 aliphatic heterocycles. The number of carbonyl (C=O) groups is 1. The standard InChI is InChI=1S/C30H39N7O4S/c1-29(2)19-21-7-5-16-31-23-8-4-9-26(32-23)42(39,40)35-28(38)22-10-11-24(33-27(22)36(29)20-21)37-17-12-25(34-37)41-18-6-13-30(3)14-15-30/h4,8-12,17,21H,5-7,13-16,18-20H2,1-3H3,(H,31,32)(H,35,38)/t21-/m1/s1. The summed E-state index contributed by atoms with van der Waals surface area (Å²) in [7, 11) is -4.22. The van der Waals surface area contributed by atoms with Crippen LogP contribution in [0.3, 0.4) is 0 Å². The van der Waals surface area contributed by atoms with E-state index < -0.39 is 15.9 Å². The van der Waals surface area contributed by atoms with E-state index in [-0.39, 0.29) is 16.1 Å². The second-order valence-electron chi connectivity index (χ2n) is 12.8. The lowest BCUT2D eigenvalue weighted by Crippen LogP contribution is -2.41. The van der Waals surface area contributed by atoms with Gasteiger partial charge in [0.2, 0.25) is 5.88 Å². The van der Waals surface area contributed by atoms with Gasteiger partial charge in [-0.05, 0) is 94.4 Å². The summed E-state index contributed by atoms with van der Waals surface area (Å²) < 4.78 is 36.1. The average Bonchev–Trinajstić information content (AvgIpc) is 3.35. The first kappa shape index (κ1) is 28.4. The van der Waals surface area contributed by atoms with Gasteiger partial charge in [-0.1, -0.05) is 13.0 Å². The van der Waals surface area contributed by atoms with Crippen LogP contribution in [0.2, 0.25) is 0 Å². The molecule has 1 saturated carbocycles. The molecule has 0 spiro atoms. The van der Waals surface area contributed by atoms with Crippen LogP contribution in [-0.2, 0) is 10.0 Å². The fourth-order valence-electron chi connectivity index (χ4n) is 6.05. The van der Waals surface area contributed by atoms with Crippen molar-refractivity contribution >= 4 is 27.6 Å². The minimum atomic E-state index is -4.22. The normalized spacial score (nSPS) is 22.2. The molecule has 5 heterocycles. The predicted octanol–water partition coefficient (Wildman–Crippen LogP) is 4.55. The van der Waals surface area contributed by atoms with Gasteiger partial charge in [0.05, 0.1) is 12.2 Å². The highest BCUT2D eigenvalue weighted by Crippen LogP contribution is 2.48. The van der Waals surface area contributed by atoms with Gasteiger partial charge in [0.25, 0.3) is 15.9 Å². The smallest absolute Gasteiger partial charge is 0.281 e. The molecule has 1 amide bonds. The second kappa shape index (κ2) is 10.9. The van der Waals surface area contributed by atoms with Gasteiger partial charge in [-0.2, -0.15) is 8.42 Å². The van der Waals surface area contributed by atoms with Crippen molar-refractivity contribution in [2.24, 2.45) is 11.3 Å². The zero-order chi connectivity index (χ0) is 29.5. The van der Waals surface area contributed by atoms with Gasteiger partial charge in [0, 0.05) is 30.9 Å². The number of nitrogens with zero attached hydrogens (tertiary/aromatic N) is 5. The van der Waals surface area contributed by atoms with Crippen LogP contribution >= 0.6 is 0 Å². The molecule has 0 radical (unpaired) electrons. The fourth-order valence-corrected chi connectivity index (χ4v) is 6.99. The summed E-state index contributed by atoms with van der Waals surface area (Å²) in [6.45, 7) is 8.57. The number of hydrogen-bond donors (Lipinski definition) is 2. The van der Waals surface area contributed by atoms with Crippen molar-refractivity contribution in [1.29, 1.82) is 0 Å². The first-order valence-electron chi connectivity index (χ1n) is 14.8. The number of nitrogens with one attached hydrogen (secondary N) is 2. The number of ether oxygens (including phenoxy) is 1. The molecule has 3 aliphatic rings. The van der Waals surface area contributed by atoms with Gasteiger partial charge in [0.1, 0.15) is 11.6 Å². The number of aromatic nitrogens is 4. The van der Waals surface area contributed by atoms with Crippen LogP contribution in [0.15, 0.2) is 47.6 Å². The number of carbonyl (C=O) groups excluding carboxylic acids is 1. The number of sulfonamides is 1. The highest BCUT2D eigenvalue weighted by Gasteiger charge is 2.41. The first-order valence-corrected chi connectivity index (χ1v) is 16.3. The Morgan fingerprint density at radius 3 is 2.74 bits per heavy atom. The molecule has 6 rings (SSSR count). The monoisotopic (exact) mass is 593 g/mol. The van der Waals surface area contributed by atoms with Crippen molar-refractivity contribution in [3.63, 3.8) is 0 Å². The predicted molar refractivity (Wildman–Crippen MR) is 160 cm³/mol. The Morgan fingerprint density at radius 1 is 1.10 bits per heavy atom. The van der Waals surface area contributed by atoms with Crippen LogP contribution in [0.1, 0.15) is 76.1 Å². The molecule has 11 nitrogen and oxygen atoms in total. The third-order valence-corrected chi connectivity index (χ3v) is 9.95. The molecule has 1 aliphatic carbocycles. The highest BCUT2D eigenvalue weighted by molar-refractivity contribution is 7.90. The number of hydrogen-bond acceptors (Lipinski definition) is 9. The van der Waals surface area contributed by atoms with Crippen molar-refractivity contribution < 1.29 is 17.9 Å². The Balaban J connectivity index is 1.31. The lowest BCUT2D eigenvalue weighted by Gasteiger charge is -2.34. The summed E-state index contributed by atoms with van der Waals surface area (Å²) in [5.41, 5.74) is 0.376. The highest BCUT2D eigenvalue weighted by atomic mass is 32.2. The van der Waals surface area contributed by atoms with Crippen molar-refractivity contribution in [1.82, 2.24) is 24.5 Å². The van der Waals surface area contributed by atoms with Crippen molar-refractivity contribution in [2.75, 3.05) is 29.9 Å². The largest absolute Gasteiger partial charge is 0.477 e. The second-order valence-corrected chi connectivity index (χ2v) is 14.4. The van der Waals surface area contributed by atoms with E-state index in [0.29, 0.717) is 54.4 Å². The lowest BCUT2D eigenvalue weighted by atomic mass is 9.93. The Labute approximate surface area is 247 Å². The Bertz CT molecular complexity index is 1580. The number of rotatable bonds is 6. The molecular formula is C30H39N7O4S. The van der Waals surface area contributed by atoms with Crippen molar-refractivity contribution in [3.05, 3.63) is 48.2 Å². The van der Waals surface area contributed by atoms with E-state index in [1.54, 1.807) is 41.2 Å². The molecule has 224 valence electrons. The molecular weight excluding hydrogens is 554 g/mol. The number of amides is 1. The average molecular weight is 594 g/mol. The van der Waals surface area contributed by atoms with Crippen molar-refractivity contribution in [3.8, 4) is 11.7 Å². The van der Waals surface area contributed by atoms with Crippen LogP contribution in [0, 0.1) is 11.3 Å². The lowest BCUT2D eigenvalue weighted by molar-refractivity contribution is 0.0981. The molecule has 4 bridgehead atoms. The van der Waals surface area contributed by atoms with E-state index >= 15 is 0 Å². The molecule has 3 aromatic heterocycles. The van der Waals surface area contributed by atoms with Gasteiger partial charge >= 0.3 is 0 Å². The first-order chi connectivity index (χ1) is 20.0. The Hall–Kier alpha value is -3.67. The summed E-state index contributed by atoms with van der Waals surface area (Å²) in [5.74, 6) is 1.55. The van der Waals surface area contributed by atoms with Gasteiger partial charge in [-0.25, -0.2) is 19.4 Å². The van der Waals surface area contributed by atoms with Crippen molar-refractivity contribution in [2.45, 2.75) is 76.3 Å². The van der Waals surface area contributed by atoms with E-state index in [0.717, 1.165) is 32.1 Å². The van der Waals surface area contributed by atoms with Crippen LogP contribution in [-0.4, -0.2) is 59.3 Å². The van der Waals surface area contributed by atoms with Crippen LogP contribution < -0.4 is 19.7 Å². The van der Waals surface area contributed by atoms with Crippen LogP contribution in [0.5, 0.6) is 5.88 Å². The summed E-state index contributed by atoms with van der Waals surface area (Å²) >= 11 is 0. The third kappa shape index (κ3) is 6.08. The summed E-state index contributed by atoms with van der Waals surface area (Å²) in [6, 6.07) is 9.81. The zero-order valence-electron chi connectivity index (χ0n) is 24.5. The van der Waals surface area contributed by atoms with E-state index in [4.69, 9.17) is 9.72 Å². The maximum Gasteiger partial charge on any atom is 0.281 e. The molecule has 2 N–H and O–H groups in total. The maximum absolute atomic E-state index is 13.6. The Morgan fingerprint density at radius 2 is 1.93 bits per heavy atom. The fraction of sp³-hybridized carbons (Fsp3) is 0.533. The number of pyridine rings is 2. The van der Waals surface area contributed by atoms with E-state index in [9.17, 15) is 13.2 Å². The number of anilines is 2. The molecule has 0 aromatic carbocycles. The summed E-state index contributed by atoms with van der Waals surface area (Å²) in [5, 5.41) is 7.57.